The molecule has 3 atom stereocenters. The lowest BCUT2D eigenvalue weighted by Crippen LogP contribution is -2.46. The van der Waals surface area contributed by atoms with Crippen molar-refractivity contribution in [2.45, 2.75) is 289 Å². The summed E-state index contributed by atoms with van der Waals surface area (Å²) in [5.74, 6) is -0.564. The van der Waals surface area contributed by atoms with Crippen LogP contribution in [-0.2, 0) is 14.3 Å². The summed E-state index contributed by atoms with van der Waals surface area (Å²) >= 11 is 0. The second-order valence-electron chi connectivity index (χ2n) is 18.6. The molecule has 0 aromatic heterocycles. The Hall–Kier alpha value is -2.44. The van der Waals surface area contributed by atoms with Crippen LogP contribution in [0.3, 0.4) is 0 Å². The summed E-state index contributed by atoms with van der Waals surface area (Å²) in [6.07, 6.45) is 64.3. The second-order valence-corrected chi connectivity index (χ2v) is 18.6. The first kappa shape index (κ1) is 61.6. The van der Waals surface area contributed by atoms with E-state index in [4.69, 9.17) is 4.74 Å². The van der Waals surface area contributed by atoms with Gasteiger partial charge in [-0.05, 0) is 57.8 Å². The fourth-order valence-electron chi connectivity index (χ4n) is 8.25. The Labute approximate surface area is 397 Å². The molecule has 3 N–H and O–H groups in total. The predicted octanol–water partition coefficient (Wildman–Crippen LogP) is 16.8. The van der Waals surface area contributed by atoms with Crippen molar-refractivity contribution in [1.82, 2.24) is 5.32 Å². The normalized spacial score (nSPS) is 13.6. The SMILES string of the molecule is CC/C=C/C/C=C/C/C=C/C/C=C/C/C=C/CCC(=O)OC(CCCCCCCCCCCCCCC)CC(=O)NC(CO)C(O)CCCCCCCCCCCCCCCCCC. The van der Waals surface area contributed by atoms with Crippen LogP contribution in [0.1, 0.15) is 271 Å². The average molecular weight is 896 g/mol. The van der Waals surface area contributed by atoms with Gasteiger partial charge in [0.05, 0.1) is 25.2 Å². The Balaban J connectivity index is 4.62. The molecular formula is C58H105NO5. The lowest BCUT2D eigenvalue weighted by atomic mass is 10.0. The van der Waals surface area contributed by atoms with Crippen LogP contribution in [-0.4, -0.2) is 46.9 Å². The number of amides is 1. The number of aliphatic hydroxyl groups excluding tert-OH is 2. The minimum Gasteiger partial charge on any atom is -0.462 e. The quantitative estimate of drug-likeness (QED) is 0.0321. The third-order valence-electron chi connectivity index (χ3n) is 12.4. The van der Waals surface area contributed by atoms with E-state index < -0.39 is 18.2 Å². The summed E-state index contributed by atoms with van der Waals surface area (Å²) in [6.45, 7) is 6.37. The molecule has 6 nitrogen and oxygen atoms in total. The van der Waals surface area contributed by atoms with E-state index in [9.17, 15) is 19.8 Å². The maximum Gasteiger partial charge on any atom is 0.306 e. The van der Waals surface area contributed by atoms with Gasteiger partial charge in [-0.15, -0.1) is 0 Å². The Kier molecular flexibility index (Phi) is 49.6. The van der Waals surface area contributed by atoms with E-state index in [0.29, 0.717) is 19.3 Å². The van der Waals surface area contributed by atoms with E-state index in [-0.39, 0.29) is 31.3 Å². The zero-order chi connectivity index (χ0) is 46.7. The molecule has 0 aromatic carbocycles. The van der Waals surface area contributed by atoms with Crippen LogP contribution in [0.2, 0.25) is 0 Å². The topological polar surface area (TPSA) is 95.9 Å². The lowest BCUT2D eigenvalue weighted by Gasteiger charge is -2.24. The van der Waals surface area contributed by atoms with Crippen LogP contribution < -0.4 is 5.32 Å². The first-order chi connectivity index (χ1) is 31.5. The molecule has 0 bridgehead atoms. The van der Waals surface area contributed by atoms with Crippen LogP contribution in [0.4, 0.5) is 0 Å². The molecule has 0 spiro atoms. The number of allylic oxidation sites excluding steroid dienone is 10. The number of aliphatic hydroxyl groups is 2. The van der Waals surface area contributed by atoms with Crippen molar-refractivity contribution in [2.75, 3.05) is 6.61 Å². The van der Waals surface area contributed by atoms with E-state index in [1.165, 1.54) is 148 Å². The highest BCUT2D eigenvalue weighted by Gasteiger charge is 2.24. The summed E-state index contributed by atoms with van der Waals surface area (Å²) in [7, 11) is 0. The summed E-state index contributed by atoms with van der Waals surface area (Å²) in [5, 5.41) is 23.8. The third kappa shape index (κ3) is 46.1. The molecule has 0 saturated heterocycles. The maximum absolute atomic E-state index is 13.2. The average Bonchev–Trinajstić information content (AvgIpc) is 3.29. The predicted molar refractivity (Wildman–Crippen MR) is 278 cm³/mol. The van der Waals surface area contributed by atoms with Crippen molar-refractivity contribution < 1.29 is 24.5 Å². The second kappa shape index (κ2) is 51.5. The fraction of sp³-hybridized carbons (Fsp3) is 0.793. The monoisotopic (exact) mass is 896 g/mol. The molecule has 0 aliphatic carbocycles. The number of nitrogens with one attached hydrogen (secondary N) is 1. The summed E-state index contributed by atoms with van der Waals surface area (Å²) in [4.78, 5) is 26.2. The summed E-state index contributed by atoms with van der Waals surface area (Å²) < 4.78 is 5.90. The van der Waals surface area contributed by atoms with Crippen LogP contribution in [0.25, 0.3) is 0 Å². The number of carbonyl (C=O) groups is 2. The fourth-order valence-corrected chi connectivity index (χ4v) is 8.25. The van der Waals surface area contributed by atoms with Gasteiger partial charge in [0, 0.05) is 6.42 Å². The molecular weight excluding hydrogens is 791 g/mol. The van der Waals surface area contributed by atoms with Gasteiger partial charge >= 0.3 is 5.97 Å². The first-order valence-corrected chi connectivity index (χ1v) is 27.5. The molecule has 0 aliphatic rings. The van der Waals surface area contributed by atoms with Crippen molar-refractivity contribution in [1.29, 1.82) is 0 Å². The van der Waals surface area contributed by atoms with Crippen molar-refractivity contribution in [3.8, 4) is 0 Å². The Bertz CT molecular complexity index is 1140. The number of ether oxygens (including phenoxy) is 1. The molecule has 3 unspecified atom stereocenters. The minimum atomic E-state index is -0.800. The molecule has 0 rings (SSSR count). The van der Waals surface area contributed by atoms with E-state index in [0.717, 1.165) is 70.6 Å². The van der Waals surface area contributed by atoms with Crippen molar-refractivity contribution in [2.24, 2.45) is 0 Å². The number of carbonyl (C=O) groups excluding carboxylic acids is 2. The van der Waals surface area contributed by atoms with Crippen molar-refractivity contribution >= 4 is 11.9 Å². The standard InChI is InChI=1S/C58H105NO5/c1-4-7-10-13-16-19-22-25-27-29-32-35-38-41-44-47-50-56(61)55(53-60)59-57(62)52-54(49-46-43-40-37-34-31-24-21-18-15-12-9-6-3)64-58(63)51-48-45-42-39-36-33-30-28-26-23-20-17-14-11-8-5-2/h8,11,17,20,26,28,33,36,42,45,54-56,60-61H,4-7,9-10,12-16,18-19,21-25,27,29-32,34-35,37-41,43-44,46-53H2,1-3H3,(H,59,62)/b11-8+,20-17+,28-26+,36-33+,45-42+. The minimum absolute atomic E-state index is 0.0495. The van der Waals surface area contributed by atoms with Gasteiger partial charge in [-0.25, -0.2) is 0 Å². The number of hydrogen-bond donors (Lipinski definition) is 3. The number of rotatable bonds is 49. The van der Waals surface area contributed by atoms with Crippen LogP contribution >= 0.6 is 0 Å². The highest BCUT2D eigenvalue weighted by atomic mass is 16.5. The highest BCUT2D eigenvalue weighted by Crippen LogP contribution is 2.18. The zero-order valence-electron chi connectivity index (χ0n) is 42.4. The van der Waals surface area contributed by atoms with E-state index in [2.05, 4.69) is 80.8 Å². The van der Waals surface area contributed by atoms with Crippen LogP contribution in [0, 0.1) is 0 Å². The highest BCUT2D eigenvalue weighted by molar-refractivity contribution is 5.77. The van der Waals surface area contributed by atoms with Gasteiger partial charge in [0.15, 0.2) is 0 Å². The Morgan fingerprint density at radius 3 is 1.19 bits per heavy atom. The smallest absolute Gasteiger partial charge is 0.306 e. The number of hydrogen-bond acceptors (Lipinski definition) is 5. The molecule has 0 saturated carbocycles. The molecule has 0 aromatic rings. The molecule has 1 amide bonds. The van der Waals surface area contributed by atoms with Gasteiger partial charge in [0.2, 0.25) is 5.91 Å². The molecule has 0 aliphatic heterocycles. The van der Waals surface area contributed by atoms with Crippen LogP contribution in [0.5, 0.6) is 0 Å². The molecule has 6 heteroatoms. The van der Waals surface area contributed by atoms with E-state index in [1.54, 1.807) is 0 Å². The third-order valence-corrected chi connectivity index (χ3v) is 12.4. The molecule has 0 heterocycles. The lowest BCUT2D eigenvalue weighted by molar-refractivity contribution is -0.150. The van der Waals surface area contributed by atoms with Crippen LogP contribution in [0.15, 0.2) is 60.8 Å². The van der Waals surface area contributed by atoms with Gasteiger partial charge in [0.25, 0.3) is 0 Å². The van der Waals surface area contributed by atoms with Gasteiger partial charge in [-0.3, -0.25) is 9.59 Å². The van der Waals surface area contributed by atoms with Gasteiger partial charge in [-0.1, -0.05) is 261 Å². The largest absolute Gasteiger partial charge is 0.462 e. The van der Waals surface area contributed by atoms with Gasteiger partial charge in [-0.2, -0.15) is 0 Å². The maximum atomic E-state index is 13.2. The first-order valence-electron chi connectivity index (χ1n) is 27.5. The van der Waals surface area contributed by atoms with Crippen molar-refractivity contribution in [3.05, 3.63) is 60.8 Å². The zero-order valence-corrected chi connectivity index (χ0v) is 42.4. The molecule has 64 heavy (non-hydrogen) atoms. The van der Waals surface area contributed by atoms with E-state index in [1.807, 2.05) is 6.08 Å². The Morgan fingerprint density at radius 1 is 0.469 bits per heavy atom. The molecule has 0 radical (unpaired) electrons. The Morgan fingerprint density at radius 2 is 0.812 bits per heavy atom. The summed E-state index contributed by atoms with van der Waals surface area (Å²) in [5.41, 5.74) is 0. The van der Waals surface area contributed by atoms with Gasteiger partial charge in [0.1, 0.15) is 6.10 Å². The number of esters is 1. The molecule has 0 fully saturated rings. The molecule has 372 valence electrons. The number of unbranched alkanes of at least 4 members (excludes halogenated alkanes) is 27. The van der Waals surface area contributed by atoms with Gasteiger partial charge < -0.3 is 20.3 Å². The van der Waals surface area contributed by atoms with Crippen molar-refractivity contribution in [3.63, 3.8) is 0 Å². The summed E-state index contributed by atoms with van der Waals surface area (Å²) in [6, 6.07) is -0.716. The van der Waals surface area contributed by atoms with E-state index >= 15 is 0 Å².